The van der Waals surface area contributed by atoms with Gasteiger partial charge in [-0.25, -0.2) is 0 Å². The number of amides is 1. The van der Waals surface area contributed by atoms with Crippen LogP contribution in [-0.2, 0) is 0 Å². The summed E-state index contributed by atoms with van der Waals surface area (Å²) < 4.78 is 0. The fourth-order valence-electron chi connectivity index (χ4n) is 2.65. The quantitative estimate of drug-likeness (QED) is 0.868. The molecule has 1 aliphatic heterocycles. The Labute approximate surface area is 143 Å². The number of piperidine rings is 1. The smallest absolute Gasteiger partial charge is 0.255 e. The molecule has 5 heteroatoms. The van der Waals surface area contributed by atoms with E-state index in [0.717, 1.165) is 12.8 Å². The van der Waals surface area contributed by atoms with Gasteiger partial charge in [-0.2, -0.15) is 0 Å². The van der Waals surface area contributed by atoms with Crippen LogP contribution in [0.1, 0.15) is 44.0 Å². The summed E-state index contributed by atoms with van der Waals surface area (Å²) >= 11 is 6.11. The van der Waals surface area contributed by atoms with Crippen LogP contribution in [0.15, 0.2) is 24.3 Å². The normalized spacial score (nSPS) is 19.0. The molecule has 4 nitrogen and oxygen atoms in total. The highest BCUT2D eigenvalue weighted by atomic mass is 35.5. The molecule has 1 heterocycles. The zero-order chi connectivity index (χ0) is 17.0. The second-order valence-corrected chi connectivity index (χ2v) is 7.35. The average molecular weight is 339 g/mol. The number of likely N-dealkylation sites (tertiary alicyclic amines) is 1. The zero-order valence-corrected chi connectivity index (χ0v) is 14.9. The van der Waals surface area contributed by atoms with Gasteiger partial charge in [0.25, 0.3) is 5.91 Å². The summed E-state index contributed by atoms with van der Waals surface area (Å²) in [5, 5.41) is 14.2. The fourth-order valence-corrected chi connectivity index (χ4v) is 2.86. The zero-order valence-electron chi connectivity index (χ0n) is 14.2. The maximum Gasteiger partial charge on any atom is 0.255 e. The molecular weight excluding hydrogens is 312 g/mol. The Morgan fingerprint density at radius 2 is 2.00 bits per heavy atom. The summed E-state index contributed by atoms with van der Waals surface area (Å²) in [7, 11) is 0. The van der Waals surface area contributed by atoms with Crippen molar-refractivity contribution in [2.24, 2.45) is 5.92 Å². The first kappa shape index (κ1) is 18.2. The first-order valence-corrected chi connectivity index (χ1v) is 8.68. The number of nitrogens with zero attached hydrogens (tertiary/aromatic N) is 1. The molecule has 0 aromatic heterocycles. The van der Waals surface area contributed by atoms with E-state index >= 15 is 0 Å². The van der Waals surface area contributed by atoms with E-state index in [1.165, 1.54) is 0 Å². The molecule has 2 N–H and O–H groups in total. The van der Waals surface area contributed by atoms with E-state index in [4.69, 9.17) is 11.6 Å². The molecule has 0 saturated carbocycles. The number of carbonyl (C=O) groups excluding carboxylic acids is 1. The van der Waals surface area contributed by atoms with E-state index in [1.807, 2.05) is 37.8 Å². The minimum Gasteiger partial charge on any atom is -0.389 e. The van der Waals surface area contributed by atoms with E-state index in [-0.39, 0.29) is 11.8 Å². The van der Waals surface area contributed by atoms with Crippen molar-refractivity contribution in [2.45, 2.75) is 45.3 Å². The molecule has 1 amide bonds. The molecular formula is C18H27ClN2O2. The van der Waals surface area contributed by atoms with Crippen LogP contribution >= 0.6 is 11.6 Å². The van der Waals surface area contributed by atoms with Gasteiger partial charge >= 0.3 is 0 Å². The van der Waals surface area contributed by atoms with E-state index in [0.29, 0.717) is 36.3 Å². The number of rotatable bonds is 5. The van der Waals surface area contributed by atoms with Crippen molar-refractivity contribution in [3.8, 4) is 0 Å². The number of carbonyl (C=O) groups is 1. The summed E-state index contributed by atoms with van der Waals surface area (Å²) in [5.74, 6) is 0.208. The molecule has 0 radical (unpaired) electrons. The van der Waals surface area contributed by atoms with Crippen LogP contribution < -0.4 is 5.32 Å². The van der Waals surface area contributed by atoms with Crippen LogP contribution in [0, 0.1) is 5.92 Å². The van der Waals surface area contributed by atoms with Crippen LogP contribution in [0.3, 0.4) is 0 Å². The topological polar surface area (TPSA) is 52.6 Å². The molecule has 1 aromatic carbocycles. The third-order valence-electron chi connectivity index (χ3n) is 4.88. The van der Waals surface area contributed by atoms with Crippen molar-refractivity contribution in [3.05, 3.63) is 34.9 Å². The molecule has 1 unspecified atom stereocenters. The minimum absolute atomic E-state index is 0.00299. The average Bonchev–Trinajstić information content (AvgIpc) is 2.53. The Morgan fingerprint density at radius 3 is 2.57 bits per heavy atom. The lowest BCUT2D eigenvalue weighted by Gasteiger charge is -2.35. The molecule has 23 heavy (non-hydrogen) atoms. The number of hydrogen-bond acceptors (Lipinski definition) is 3. The first-order chi connectivity index (χ1) is 10.8. The number of aliphatic hydroxyl groups is 1. The third-order valence-corrected chi connectivity index (χ3v) is 5.21. The van der Waals surface area contributed by atoms with Gasteiger partial charge < -0.3 is 15.3 Å². The summed E-state index contributed by atoms with van der Waals surface area (Å²) in [6, 6.07) is 7.53. The van der Waals surface area contributed by atoms with Gasteiger partial charge in [0.05, 0.1) is 16.2 Å². The van der Waals surface area contributed by atoms with Crippen LogP contribution in [0.5, 0.6) is 0 Å². The van der Waals surface area contributed by atoms with Crippen molar-refractivity contribution in [1.29, 1.82) is 0 Å². The number of nitrogens with one attached hydrogen (secondary N) is 1. The molecule has 128 valence electrons. The second kappa shape index (κ2) is 7.65. The summed E-state index contributed by atoms with van der Waals surface area (Å²) in [6.45, 7) is 7.91. The van der Waals surface area contributed by atoms with Gasteiger partial charge in [-0.05, 0) is 37.8 Å². The molecule has 1 fully saturated rings. The predicted octanol–water partition coefficient (Wildman–Crippen LogP) is 2.94. The third kappa shape index (κ3) is 4.69. The van der Waals surface area contributed by atoms with Gasteiger partial charge in [-0.15, -0.1) is 0 Å². The van der Waals surface area contributed by atoms with Crippen LogP contribution in [-0.4, -0.2) is 47.2 Å². The van der Waals surface area contributed by atoms with Crippen LogP contribution in [0.25, 0.3) is 0 Å². The van der Waals surface area contributed by atoms with Crippen molar-refractivity contribution >= 4 is 17.5 Å². The highest BCUT2D eigenvalue weighted by Gasteiger charge is 2.28. The maximum absolute atomic E-state index is 12.5. The Balaban J connectivity index is 1.85. The largest absolute Gasteiger partial charge is 0.389 e. The van der Waals surface area contributed by atoms with E-state index in [2.05, 4.69) is 5.32 Å². The van der Waals surface area contributed by atoms with E-state index < -0.39 is 5.60 Å². The van der Waals surface area contributed by atoms with Crippen LogP contribution in [0.4, 0.5) is 0 Å². The fraction of sp³-hybridized carbons (Fsp3) is 0.611. The Hall–Kier alpha value is -1.10. The van der Waals surface area contributed by atoms with Crippen molar-refractivity contribution in [1.82, 2.24) is 10.2 Å². The summed E-state index contributed by atoms with van der Waals surface area (Å²) in [4.78, 5) is 14.4. The molecule has 2 rings (SSSR count). The highest BCUT2D eigenvalue weighted by Crippen LogP contribution is 2.21. The van der Waals surface area contributed by atoms with Crippen LogP contribution in [0.2, 0.25) is 5.02 Å². The second-order valence-electron chi connectivity index (χ2n) is 6.94. The SMILES string of the molecule is CC(C)C(C)(O)CNC1CCN(C(=O)c2ccccc2Cl)CC1. The molecule has 1 saturated heterocycles. The Bertz CT molecular complexity index is 538. The van der Waals surface area contributed by atoms with Gasteiger partial charge in [0.2, 0.25) is 0 Å². The molecule has 1 aromatic rings. The van der Waals surface area contributed by atoms with Gasteiger partial charge in [0.15, 0.2) is 0 Å². The van der Waals surface area contributed by atoms with E-state index in [1.54, 1.807) is 12.1 Å². The number of benzene rings is 1. The molecule has 1 atom stereocenters. The van der Waals surface area contributed by atoms with Crippen molar-refractivity contribution in [3.63, 3.8) is 0 Å². The predicted molar refractivity (Wildman–Crippen MR) is 93.8 cm³/mol. The standard InChI is InChI=1S/C18H27ClN2O2/c1-13(2)18(3,23)12-20-14-8-10-21(11-9-14)17(22)15-6-4-5-7-16(15)19/h4-7,13-14,20,23H,8-12H2,1-3H3. The first-order valence-electron chi connectivity index (χ1n) is 8.31. The molecule has 0 aliphatic carbocycles. The van der Waals surface area contributed by atoms with Gasteiger partial charge in [0.1, 0.15) is 0 Å². The lowest BCUT2D eigenvalue weighted by atomic mass is 9.92. The molecule has 0 spiro atoms. The van der Waals surface area contributed by atoms with E-state index in [9.17, 15) is 9.90 Å². The van der Waals surface area contributed by atoms with Gasteiger partial charge in [0, 0.05) is 25.7 Å². The molecule has 1 aliphatic rings. The van der Waals surface area contributed by atoms with Crippen molar-refractivity contribution in [2.75, 3.05) is 19.6 Å². The summed E-state index contributed by atoms with van der Waals surface area (Å²) in [6.07, 6.45) is 1.79. The van der Waals surface area contributed by atoms with Gasteiger partial charge in [-0.1, -0.05) is 37.6 Å². The Morgan fingerprint density at radius 1 is 1.39 bits per heavy atom. The molecule has 0 bridgehead atoms. The van der Waals surface area contributed by atoms with Crippen molar-refractivity contribution < 1.29 is 9.90 Å². The minimum atomic E-state index is -0.704. The lowest BCUT2D eigenvalue weighted by molar-refractivity contribution is 0.00960. The number of halogens is 1. The van der Waals surface area contributed by atoms with Gasteiger partial charge in [-0.3, -0.25) is 4.79 Å². The lowest BCUT2D eigenvalue weighted by Crippen LogP contribution is -2.50. The maximum atomic E-state index is 12.5. The summed E-state index contributed by atoms with van der Waals surface area (Å²) in [5.41, 5.74) is -0.131. The number of hydrogen-bond donors (Lipinski definition) is 2. The highest BCUT2D eigenvalue weighted by molar-refractivity contribution is 6.33. The Kier molecular flexibility index (Phi) is 6.06. The monoisotopic (exact) mass is 338 g/mol.